The molecule has 7 nitrogen and oxygen atoms in total. The average molecular weight is 309 g/mol. The van der Waals surface area contributed by atoms with Gasteiger partial charge in [0.15, 0.2) is 23.9 Å². The summed E-state index contributed by atoms with van der Waals surface area (Å²) in [7, 11) is 0. The highest BCUT2D eigenvalue weighted by Crippen LogP contribution is 2.35. The van der Waals surface area contributed by atoms with Crippen molar-refractivity contribution in [2.45, 2.75) is 25.7 Å². The van der Waals surface area contributed by atoms with E-state index in [-0.39, 0.29) is 18.1 Å². The van der Waals surface area contributed by atoms with Crippen molar-refractivity contribution in [1.82, 2.24) is 4.90 Å². The number of benzene rings is 1. The van der Waals surface area contributed by atoms with Crippen LogP contribution in [0.15, 0.2) is 12.1 Å². The van der Waals surface area contributed by atoms with Gasteiger partial charge in [0, 0.05) is 13.1 Å². The number of phenolic OH excluding ortho intramolecular Hbond substituents is 3. The number of hydrogen-bond donors (Lipinski definition) is 3. The fraction of sp³-hybridized carbons (Fsp3) is 0.467. The fourth-order valence-electron chi connectivity index (χ4n) is 2.34. The molecule has 2 rings (SSSR count). The third-order valence-electron chi connectivity index (χ3n) is 3.59. The lowest BCUT2D eigenvalue weighted by Gasteiger charge is -2.19. The van der Waals surface area contributed by atoms with Gasteiger partial charge in [-0.2, -0.15) is 0 Å². The van der Waals surface area contributed by atoms with Gasteiger partial charge in [0.2, 0.25) is 0 Å². The van der Waals surface area contributed by atoms with E-state index in [1.54, 1.807) is 4.90 Å². The van der Waals surface area contributed by atoms with Crippen molar-refractivity contribution in [3.05, 3.63) is 17.7 Å². The molecule has 0 saturated carbocycles. The van der Waals surface area contributed by atoms with Crippen LogP contribution in [0.1, 0.15) is 36.0 Å². The molecule has 120 valence electrons. The topological polar surface area (TPSA) is 107 Å². The van der Waals surface area contributed by atoms with E-state index in [1.807, 2.05) is 0 Å². The van der Waals surface area contributed by atoms with E-state index in [4.69, 9.17) is 4.74 Å². The molecule has 0 atom stereocenters. The number of likely N-dealkylation sites (tertiary alicyclic amines) is 1. The van der Waals surface area contributed by atoms with Gasteiger partial charge >= 0.3 is 5.97 Å². The first kappa shape index (κ1) is 15.9. The van der Waals surface area contributed by atoms with Crippen LogP contribution in [-0.4, -0.2) is 51.8 Å². The lowest BCUT2D eigenvalue weighted by Crippen LogP contribution is -2.35. The number of nitrogens with zero attached hydrogens (tertiary/aromatic N) is 1. The van der Waals surface area contributed by atoms with Crippen LogP contribution in [0.25, 0.3) is 0 Å². The zero-order chi connectivity index (χ0) is 16.1. The molecule has 0 bridgehead atoms. The molecule has 0 spiro atoms. The summed E-state index contributed by atoms with van der Waals surface area (Å²) in [4.78, 5) is 25.5. The van der Waals surface area contributed by atoms with Gasteiger partial charge < -0.3 is 25.0 Å². The molecule has 0 radical (unpaired) electrons. The number of carbonyl (C=O) groups is 2. The smallest absolute Gasteiger partial charge is 0.338 e. The summed E-state index contributed by atoms with van der Waals surface area (Å²) in [6.45, 7) is 0.940. The van der Waals surface area contributed by atoms with Gasteiger partial charge in [0.25, 0.3) is 5.91 Å². The Labute approximate surface area is 127 Å². The number of hydrogen-bond acceptors (Lipinski definition) is 6. The van der Waals surface area contributed by atoms with Gasteiger partial charge in [-0.05, 0) is 25.0 Å². The van der Waals surface area contributed by atoms with Crippen LogP contribution in [0.5, 0.6) is 17.2 Å². The first-order chi connectivity index (χ1) is 10.5. The predicted octanol–water partition coefficient (Wildman–Crippen LogP) is 1.36. The van der Waals surface area contributed by atoms with Crippen LogP contribution in [-0.2, 0) is 9.53 Å². The van der Waals surface area contributed by atoms with Crippen LogP contribution >= 0.6 is 0 Å². The highest BCUT2D eigenvalue weighted by atomic mass is 16.5. The molecule has 3 N–H and O–H groups in total. The maximum atomic E-state index is 12.0. The van der Waals surface area contributed by atoms with Crippen molar-refractivity contribution in [2.75, 3.05) is 19.7 Å². The third-order valence-corrected chi connectivity index (χ3v) is 3.59. The minimum atomic E-state index is -0.853. The number of ether oxygens (including phenoxy) is 1. The fourth-order valence-corrected chi connectivity index (χ4v) is 2.34. The molecule has 0 aromatic heterocycles. The van der Waals surface area contributed by atoms with E-state index in [0.29, 0.717) is 13.1 Å². The molecule has 1 heterocycles. The Balaban J connectivity index is 1.93. The van der Waals surface area contributed by atoms with E-state index in [1.165, 1.54) is 0 Å². The molecule has 1 saturated heterocycles. The number of amides is 1. The van der Waals surface area contributed by atoms with E-state index in [9.17, 15) is 24.9 Å². The molecule has 7 heteroatoms. The Morgan fingerprint density at radius 3 is 2.09 bits per heavy atom. The summed E-state index contributed by atoms with van der Waals surface area (Å²) in [6.07, 6.45) is 4.07. The van der Waals surface area contributed by atoms with Crippen LogP contribution in [0.3, 0.4) is 0 Å². The van der Waals surface area contributed by atoms with E-state index >= 15 is 0 Å². The minimum Gasteiger partial charge on any atom is -0.504 e. The van der Waals surface area contributed by atoms with E-state index in [2.05, 4.69) is 0 Å². The van der Waals surface area contributed by atoms with Gasteiger partial charge in [0.05, 0.1) is 5.56 Å². The second-order valence-corrected chi connectivity index (χ2v) is 5.23. The molecule has 1 amide bonds. The number of rotatable bonds is 3. The SMILES string of the molecule is O=C(OCC(=O)N1CCCCCC1)c1cc(O)c(O)c(O)c1. The van der Waals surface area contributed by atoms with Crippen molar-refractivity contribution < 1.29 is 29.6 Å². The van der Waals surface area contributed by atoms with E-state index < -0.39 is 23.2 Å². The Bertz CT molecular complexity index is 540. The summed E-state index contributed by atoms with van der Waals surface area (Å²) < 4.78 is 4.90. The number of phenols is 3. The lowest BCUT2D eigenvalue weighted by molar-refractivity contribution is -0.134. The summed E-state index contributed by atoms with van der Waals surface area (Å²) in [5.74, 6) is -3.09. The van der Waals surface area contributed by atoms with Gasteiger partial charge in [-0.3, -0.25) is 4.79 Å². The van der Waals surface area contributed by atoms with Crippen LogP contribution < -0.4 is 0 Å². The summed E-state index contributed by atoms with van der Waals surface area (Å²) in [5.41, 5.74) is -0.142. The van der Waals surface area contributed by atoms with E-state index in [0.717, 1.165) is 37.8 Å². The first-order valence-electron chi connectivity index (χ1n) is 7.19. The van der Waals surface area contributed by atoms with Gasteiger partial charge in [0.1, 0.15) is 0 Å². The van der Waals surface area contributed by atoms with Crippen molar-refractivity contribution >= 4 is 11.9 Å². The normalized spacial score (nSPS) is 15.2. The van der Waals surface area contributed by atoms with Crippen molar-refractivity contribution in [1.29, 1.82) is 0 Å². The zero-order valence-corrected chi connectivity index (χ0v) is 12.1. The van der Waals surface area contributed by atoms with Gasteiger partial charge in [-0.15, -0.1) is 0 Å². The summed E-state index contributed by atoms with van der Waals surface area (Å²) >= 11 is 0. The first-order valence-corrected chi connectivity index (χ1v) is 7.19. The molecule has 1 aliphatic heterocycles. The average Bonchev–Trinajstić information content (AvgIpc) is 2.78. The van der Waals surface area contributed by atoms with Gasteiger partial charge in [-0.25, -0.2) is 4.79 Å². The largest absolute Gasteiger partial charge is 0.504 e. The van der Waals surface area contributed by atoms with Gasteiger partial charge in [-0.1, -0.05) is 12.8 Å². The standard InChI is InChI=1S/C15H19NO6/c17-11-7-10(8-12(18)14(11)20)15(21)22-9-13(19)16-5-3-1-2-4-6-16/h7-8,17-18,20H,1-6,9H2. The molecule has 1 fully saturated rings. The summed E-state index contributed by atoms with van der Waals surface area (Å²) in [5, 5.41) is 27.9. The molecule has 0 unspecified atom stereocenters. The van der Waals surface area contributed by atoms with Crippen LogP contribution in [0.4, 0.5) is 0 Å². The monoisotopic (exact) mass is 309 g/mol. The number of esters is 1. The highest BCUT2D eigenvalue weighted by Gasteiger charge is 2.19. The molecule has 22 heavy (non-hydrogen) atoms. The molecule has 1 aromatic rings. The van der Waals surface area contributed by atoms with Crippen LogP contribution in [0.2, 0.25) is 0 Å². The second kappa shape index (κ2) is 7.02. The Morgan fingerprint density at radius 2 is 1.55 bits per heavy atom. The molecular formula is C15H19NO6. The molecule has 1 aliphatic rings. The lowest BCUT2D eigenvalue weighted by atomic mass is 10.2. The van der Waals surface area contributed by atoms with Crippen LogP contribution in [0, 0.1) is 0 Å². The minimum absolute atomic E-state index is 0.142. The highest BCUT2D eigenvalue weighted by molar-refractivity contribution is 5.92. The Kier molecular flexibility index (Phi) is 5.08. The maximum Gasteiger partial charge on any atom is 0.338 e. The third kappa shape index (κ3) is 3.81. The van der Waals surface area contributed by atoms with Crippen molar-refractivity contribution in [3.8, 4) is 17.2 Å². The second-order valence-electron chi connectivity index (χ2n) is 5.23. The molecular weight excluding hydrogens is 290 g/mol. The van der Waals surface area contributed by atoms with Crippen molar-refractivity contribution in [3.63, 3.8) is 0 Å². The summed E-state index contributed by atoms with van der Waals surface area (Å²) in [6, 6.07) is 1.93. The molecule has 1 aromatic carbocycles. The maximum absolute atomic E-state index is 12.0. The predicted molar refractivity (Wildman–Crippen MR) is 76.8 cm³/mol. The Hall–Kier alpha value is -2.44. The number of carbonyl (C=O) groups excluding carboxylic acids is 2. The quantitative estimate of drug-likeness (QED) is 0.575. The number of aromatic hydroxyl groups is 3. The Morgan fingerprint density at radius 1 is 1.00 bits per heavy atom. The zero-order valence-electron chi connectivity index (χ0n) is 12.1. The van der Waals surface area contributed by atoms with Crippen molar-refractivity contribution in [2.24, 2.45) is 0 Å². The molecule has 0 aliphatic carbocycles.